The van der Waals surface area contributed by atoms with Gasteiger partial charge in [-0.15, -0.1) is 0 Å². The van der Waals surface area contributed by atoms with Gasteiger partial charge in [0.25, 0.3) is 0 Å². The van der Waals surface area contributed by atoms with Crippen molar-refractivity contribution in [3.63, 3.8) is 0 Å². The molecule has 0 aliphatic carbocycles. The van der Waals surface area contributed by atoms with Crippen LogP contribution in [-0.4, -0.2) is 29.4 Å². The van der Waals surface area contributed by atoms with Crippen LogP contribution in [0, 0.1) is 5.82 Å². The number of aromatic nitrogens is 2. The Bertz CT molecular complexity index is 976. The number of benzene rings is 2. The topological polar surface area (TPSA) is 45.5 Å². The van der Waals surface area contributed by atoms with Crippen molar-refractivity contribution in [2.24, 2.45) is 0 Å². The van der Waals surface area contributed by atoms with E-state index in [1.807, 2.05) is 43.3 Å². The van der Waals surface area contributed by atoms with Crippen molar-refractivity contribution < 1.29 is 18.6 Å². The predicted molar refractivity (Wildman–Crippen MR) is 112 cm³/mol. The first-order chi connectivity index (χ1) is 14.6. The highest BCUT2D eigenvalue weighted by atomic mass is 19.1. The number of hydrogen-bond acceptors (Lipinski definition) is 4. The molecule has 0 bridgehead atoms. The molecule has 2 aromatic carbocycles. The Kier molecular flexibility index (Phi) is 6.27. The number of methoxy groups -OCH3 is 1. The van der Waals surface area contributed by atoms with Gasteiger partial charge in [0.1, 0.15) is 11.6 Å². The Morgan fingerprint density at radius 2 is 2.07 bits per heavy atom. The molecule has 1 saturated heterocycles. The maximum Gasteiger partial charge on any atom is 0.197 e. The van der Waals surface area contributed by atoms with E-state index in [9.17, 15) is 0 Å². The van der Waals surface area contributed by atoms with Crippen molar-refractivity contribution in [3.05, 3.63) is 83.7 Å². The van der Waals surface area contributed by atoms with Crippen LogP contribution < -0.4 is 0 Å². The van der Waals surface area contributed by atoms with Gasteiger partial charge >= 0.3 is 0 Å². The van der Waals surface area contributed by atoms with E-state index in [4.69, 9.17) is 14.2 Å². The third kappa shape index (κ3) is 4.17. The molecule has 30 heavy (non-hydrogen) atoms. The lowest BCUT2D eigenvalue weighted by Crippen LogP contribution is -2.42. The van der Waals surface area contributed by atoms with Crippen LogP contribution in [0.4, 0.5) is 4.39 Å². The zero-order valence-electron chi connectivity index (χ0n) is 17.4. The zero-order chi connectivity index (χ0) is 21.0. The SMILES string of the molecule is CCc1nccn1-c1ccc(C2(OCc3ccccc3)CC(OC)CCO2)cc1F. The van der Waals surface area contributed by atoms with E-state index in [0.29, 0.717) is 30.9 Å². The first-order valence-corrected chi connectivity index (χ1v) is 10.3. The fraction of sp³-hybridized carbons (Fsp3) is 0.375. The van der Waals surface area contributed by atoms with Crippen molar-refractivity contribution in [1.82, 2.24) is 9.55 Å². The summed E-state index contributed by atoms with van der Waals surface area (Å²) in [5.41, 5.74) is 2.15. The first-order valence-electron chi connectivity index (χ1n) is 10.3. The van der Waals surface area contributed by atoms with E-state index in [1.165, 1.54) is 6.07 Å². The summed E-state index contributed by atoms with van der Waals surface area (Å²) >= 11 is 0. The van der Waals surface area contributed by atoms with E-state index in [1.54, 1.807) is 30.1 Å². The van der Waals surface area contributed by atoms with E-state index < -0.39 is 5.79 Å². The third-order valence-corrected chi connectivity index (χ3v) is 5.60. The van der Waals surface area contributed by atoms with Crippen LogP contribution in [0.3, 0.4) is 0 Å². The number of imidazole rings is 1. The fourth-order valence-electron chi connectivity index (χ4n) is 3.93. The molecule has 1 aliphatic rings. The van der Waals surface area contributed by atoms with Gasteiger partial charge in [0.15, 0.2) is 5.79 Å². The fourth-order valence-corrected chi connectivity index (χ4v) is 3.93. The normalized spacial score (nSPS) is 21.6. The molecule has 0 saturated carbocycles. The van der Waals surface area contributed by atoms with Gasteiger partial charge in [-0.1, -0.05) is 43.3 Å². The van der Waals surface area contributed by atoms with Gasteiger partial charge in [-0.2, -0.15) is 0 Å². The summed E-state index contributed by atoms with van der Waals surface area (Å²) in [7, 11) is 1.69. The molecule has 4 rings (SSSR count). The van der Waals surface area contributed by atoms with Crippen LogP contribution in [0.5, 0.6) is 0 Å². The molecule has 2 heterocycles. The minimum atomic E-state index is -1.06. The molecule has 1 aliphatic heterocycles. The Labute approximate surface area is 176 Å². The van der Waals surface area contributed by atoms with Crippen LogP contribution in [0.1, 0.15) is 36.7 Å². The van der Waals surface area contributed by atoms with Gasteiger partial charge in [0.2, 0.25) is 0 Å². The molecular formula is C24H27FN2O3. The van der Waals surface area contributed by atoms with Crippen LogP contribution in [0.2, 0.25) is 0 Å². The Hall–Kier alpha value is -2.54. The number of aryl methyl sites for hydroxylation is 1. The summed E-state index contributed by atoms with van der Waals surface area (Å²) in [6, 6.07) is 15.0. The van der Waals surface area contributed by atoms with Gasteiger partial charge in [-0.05, 0) is 24.1 Å². The summed E-state index contributed by atoms with van der Waals surface area (Å²) in [6.45, 7) is 2.85. The summed E-state index contributed by atoms with van der Waals surface area (Å²) < 4.78 is 35.0. The van der Waals surface area contributed by atoms with Crippen molar-refractivity contribution >= 4 is 0 Å². The molecule has 1 fully saturated rings. The minimum Gasteiger partial charge on any atom is -0.381 e. The molecule has 5 nitrogen and oxygen atoms in total. The molecule has 2 atom stereocenters. The van der Waals surface area contributed by atoms with Gasteiger partial charge in [-0.25, -0.2) is 9.37 Å². The Morgan fingerprint density at radius 1 is 1.23 bits per heavy atom. The summed E-state index contributed by atoms with van der Waals surface area (Å²) in [5.74, 6) is -0.590. The second-order valence-corrected chi connectivity index (χ2v) is 7.46. The van der Waals surface area contributed by atoms with Crippen molar-refractivity contribution in [1.29, 1.82) is 0 Å². The lowest BCUT2D eigenvalue weighted by Gasteiger charge is -2.40. The molecule has 3 aromatic rings. The molecule has 0 radical (unpaired) electrons. The van der Waals surface area contributed by atoms with Crippen LogP contribution >= 0.6 is 0 Å². The highest BCUT2D eigenvalue weighted by Crippen LogP contribution is 2.39. The van der Waals surface area contributed by atoms with Crippen LogP contribution in [0.25, 0.3) is 5.69 Å². The third-order valence-electron chi connectivity index (χ3n) is 5.60. The summed E-state index contributed by atoms with van der Waals surface area (Å²) in [4.78, 5) is 4.29. The Balaban J connectivity index is 1.67. The van der Waals surface area contributed by atoms with E-state index in [2.05, 4.69) is 4.98 Å². The second-order valence-electron chi connectivity index (χ2n) is 7.46. The van der Waals surface area contributed by atoms with E-state index in [0.717, 1.165) is 24.2 Å². The monoisotopic (exact) mass is 410 g/mol. The average Bonchev–Trinajstić information content (AvgIpc) is 3.27. The number of hydrogen-bond donors (Lipinski definition) is 0. The molecule has 1 aromatic heterocycles. The van der Waals surface area contributed by atoms with E-state index >= 15 is 4.39 Å². The Morgan fingerprint density at radius 3 is 2.80 bits per heavy atom. The minimum absolute atomic E-state index is 0.0161. The molecule has 6 heteroatoms. The quantitative estimate of drug-likeness (QED) is 0.563. The summed E-state index contributed by atoms with van der Waals surface area (Å²) in [6.07, 6.45) is 5.44. The molecule has 2 unspecified atom stereocenters. The lowest BCUT2D eigenvalue weighted by atomic mass is 9.94. The zero-order valence-corrected chi connectivity index (χ0v) is 17.4. The van der Waals surface area contributed by atoms with Crippen molar-refractivity contribution in [2.45, 2.75) is 44.7 Å². The standard InChI is InChI=1S/C24H27FN2O3/c1-3-23-26-12-13-27(23)22-10-9-19(15-21(22)25)24(16-20(28-2)11-14-29-24)30-17-18-7-5-4-6-8-18/h4-10,12-13,15,20H,3,11,14,16-17H2,1-2H3. The number of halogens is 1. The van der Waals surface area contributed by atoms with Gasteiger partial charge in [0, 0.05) is 37.9 Å². The maximum absolute atomic E-state index is 15.2. The number of rotatable bonds is 7. The molecule has 0 amide bonds. The average molecular weight is 410 g/mol. The molecule has 0 N–H and O–H groups in total. The second kappa shape index (κ2) is 9.08. The molecular weight excluding hydrogens is 383 g/mol. The number of ether oxygens (including phenoxy) is 3. The first kappa shape index (κ1) is 20.7. The van der Waals surface area contributed by atoms with Crippen LogP contribution in [-0.2, 0) is 33.0 Å². The van der Waals surface area contributed by atoms with Crippen molar-refractivity contribution in [2.75, 3.05) is 13.7 Å². The maximum atomic E-state index is 15.2. The highest BCUT2D eigenvalue weighted by molar-refractivity contribution is 5.39. The summed E-state index contributed by atoms with van der Waals surface area (Å²) in [5, 5.41) is 0. The van der Waals surface area contributed by atoms with Gasteiger partial charge in [-0.3, -0.25) is 0 Å². The lowest BCUT2D eigenvalue weighted by molar-refractivity contribution is -0.288. The van der Waals surface area contributed by atoms with Crippen molar-refractivity contribution in [3.8, 4) is 5.69 Å². The smallest absolute Gasteiger partial charge is 0.197 e. The largest absolute Gasteiger partial charge is 0.381 e. The van der Waals surface area contributed by atoms with E-state index in [-0.39, 0.29) is 11.9 Å². The van der Waals surface area contributed by atoms with Gasteiger partial charge in [0.05, 0.1) is 25.0 Å². The van der Waals surface area contributed by atoms with Gasteiger partial charge < -0.3 is 18.8 Å². The highest BCUT2D eigenvalue weighted by Gasteiger charge is 2.41. The molecule has 158 valence electrons. The van der Waals surface area contributed by atoms with Crippen LogP contribution in [0.15, 0.2) is 60.9 Å². The number of nitrogens with zero attached hydrogens (tertiary/aromatic N) is 2. The predicted octanol–water partition coefficient (Wildman–Crippen LogP) is 4.77. The molecule has 0 spiro atoms.